The molecule has 1 amide bonds. The Morgan fingerprint density at radius 2 is 2.06 bits per heavy atom. The van der Waals surface area contributed by atoms with Crippen LogP contribution in [0.15, 0.2) is 66.6 Å². The van der Waals surface area contributed by atoms with E-state index in [0.29, 0.717) is 23.6 Å². The summed E-state index contributed by atoms with van der Waals surface area (Å²) in [5.74, 6) is 0.240. The third kappa shape index (κ3) is 5.55. The third-order valence-electron chi connectivity index (χ3n) is 4.61. The van der Waals surface area contributed by atoms with Crippen molar-refractivity contribution < 1.29 is 13.9 Å². The van der Waals surface area contributed by atoms with Crippen molar-refractivity contribution in [3.8, 4) is 11.4 Å². The van der Waals surface area contributed by atoms with Crippen LogP contribution in [-0.2, 0) is 24.4 Å². The predicted molar refractivity (Wildman–Crippen MR) is 117 cm³/mol. The minimum Gasteiger partial charge on any atom is -0.486 e. The molecule has 4 rings (SSSR count). The summed E-state index contributed by atoms with van der Waals surface area (Å²) >= 11 is 1.46. The smallest absolute Gasteiger partial charge is 0.226 e. The summed E-state index contributed by atoms with van der Waals surface area (Å²) in [5.41, 5.74) is 2.95. The van der Waals surface area contributed by atoms with Crippen molar-refractivity contribution in [3.05, 3.63) is 94.2 Å². The molecular formula is C23H21FN4O2S. The van der Waals surface area contributed by atoms with Gasteiger partial charge < -0.3 is 14.6 Å². The molecule has 0 bridgehead atoms. The van der Waals surface area contributed by atoms with Crippen molar-refractivity contribution in [2.45, 2.75) is 26.5 Å². The number of halogens is 1. The second kappa shape index (κ2) is 9.53. The number of nitrogens with zero attached hydrogens (tertiary/aromatic N) is 3. The van der Waals surface area contributed by atoms with E-state index in [-0.39, 0.29) is 24.7 Å². The van der Waals surface area contributed by atoms with Gasteiger partial charge in [0.25, 0.3) is 0 Å². The lowest BCUT2D eigenvalue weighted by atomic mass is 10.2. The van der Waals surface area contributed by atoms with Crippen LogP contribution in [0.3, 0.4) is 0 Å². The molecule has 158 valence electrons. The summed E-state index contributed by atoms with van der Waals surface area (Å²) in [4.78, 5) is 20.6. The van der Waals surface area contributed by atoms with Crippen LogP contribution in [0.2, 0.25) is 0 Å². The first-order chi connectivity index (χ1) is 15.1. The molecule has 0 aliphatic heterocycles. The Balaban J connectivity index is 1.26. The molecule has 0 unspecified atom stereocenters. The van der Waals surface area contributed by atoms with Gasteiger partial charge in [0.1, 0.15) is 23.2 Å². The summed E-state index contributed by atoms with van der Waals surface area (Å²) in [7, 11) is 0. The number of carbonyl (C=O) groups is 1. The molecule has 1 N–H and O–H groups in total. The van der Waals surface area contributed by atoms with Gasteiger partial charge in [-0.2, -0.15) is 0 Å². The number of rotatable bonds is 8. The maximum Gasteiger partial charge on any atom is 0.226 e. The first kappa shape index (κ1) is 20.7. The first-order valence-electron chi connectivity index (χ1n) is 9.73. The van der Waals surface area contributed by atoms with E-state index in [0.717, 1.165) is 10.8 Å². The average molecular weight is 437 g/mol. The Labute approximate surface area is 183 Å². The Bertz CT molecular complexity index is 1160. The van der Waals surface area contributed by atoms with Gasteiger partial charge in [0.2, 0.25) is 5.91 Å². The second-order valence-electron chi connectivity index (χ2n) is 7.04. The summed E-state index contributed by atoms with van der Waals surface area (Å²) < 4.78 is 21.6. The zero-order chi connectivity index (χ0) is 21.6. The standard InChI is InChI=1S/C23H21FN4O2S/c1-16-2-5-19(6-3-16)30-13-23-27-18(14-31-23)11-22(29)26-12-17-4-7-21(20(24)10-17)28-9-8-25-15-28/h2-10,14-15H,11-13H2,1H3,(H,26,29). The molecule has 2 heterocycles. The van der Waals surface area contributed by atoms with Crippen molar-refractivity contribution in [2.24, 2.45) is 0 Å². The molecule has 0 aliphatic rings. The van der Waals surface area contributed by atoms with E-state index in [4.69, 9.17) is 4.74 Å². The number of amides is 1. The number of ether oxygens (including phenoxy) is 1. The fourth-order valence-electron chi connectivity index (χ4n) is 2.97. The SMILES string of the molecule is Cc1ccc(OCc2nc(CC(=O)NCc3ccc(-n4ccnc4)c(F)c3)cs2)cc1. The van der Waals surface area contributed by atoms with E-state index in [2.05, 4.69) is 15.3 Å². The molecule has 31 heavy (non-hydrogen) atoms. The minimum absolute atomic E-state index is 0.163. The number of benzene rings is 2. The molecule has 0 spiro atoms. The zero-order valence-corrected chi connectivity index (χ0v) is 17.7. The molecule has 0 atom stereocenters. The highest BCUT2D eigenvalue weighted by Crippen LogP contribution is 2.17. The van der Waals surface area contributed by atoms with Crippen LogP contribution >= 0.6 is 11.3 Å². The van der Waals surface area contributed by atoms with Gasteiger partial charge in [0.05, 0.1) is 24.1 Å². The third-order valence-corrected chi connectivity index (χ3v) is 5.48. The summed E-state index contributed by atoms with van der Waals surface area (Å²) in [6.07, 6.45) is 4.96. The number of hydrogen-bond donors (Lipinski definition) is 1. The van der Waals surface area contributed by atoms with Gasteiger partial charge in [-0.15, -0.1) is 11.3 Å². The molecule has 2 aromatic heterocycles. The number of thiazole rings is 1. The largest absolute Gasteiger partial charge is 0.486 e. The number of hydrogen-bond acceptors (Lipinski definition) is 5. The maximum absolute atomic E-state index is 14.3. The summed E-state index contributed by atoms with van der Waals surface area (Å²) in [6.45, 7) is 2.63. The number of carbonyl (C=O) groups excluding carboxylic acids is 1. The Hall–Kier alpha value is -3.52. The van der Waals surface area contributed by atoms with Gasteiger partial charge in [0, 0.05) is 24.3 Å². The fourth-order valence-corrected chi connectivity index (χ4v) is 3.68. The van der Waals surface area contributed by atoms with Gasteiger partial charge >= 0.3 is 0 Å². The van der Waals surface area contributed by atoms with Crippen LogP contribution < -0.4 is 10.1 Å². The van der Waals surface area contributed by atoms with Gasteiger partial charge in [-0.3, -0.25) is 4.79 Å². The van der Waals surface area contributed by atoms with E-state index >= 15 is 0 Å². The molecule has 0 saturated carbocycles. The molecule has 0 fully saturated rings. The van der Waals surface area contributed by atoms with Gasteiger partial charge in [-0.1, -0.05) is 23.8 Å². The Morgan fingerprint density at radius 3 is 2.81 bits per heavy atom. The molecule has 8 heteroatoms. The summed E-state index contributed by atoms with van der Waals surface area (Å²) in [6, 6.07) is 12.7. The monoisotopic (exact) mass is 436 g/mol. The highest BCUT2D eigenvalue weighted by atomic mass is 32.1. The predicted octanol–water partition coefficient (Wildman–Crippen LogP) is 4.21. The number of imidazole rings is 1. The Morgan fingerprint density at radius 1 is 1.23 bits per heavy atom. The highest BCUT2D eigenvalue weighted by Gasteiger charge is 2.10. The van der Waals surface area contributed by atoms with Crippen molar-refractivity contribution >= 4 is 17.2 Å². The number of aromatic nitrogens is 3. The maximum atomic E-state index is 14.3. The van der Waals surface area contributed by atoms with E-state index in [1.807, 2.05) is 36.6 Å². The van der Waals surface area contributed by atoms with Crippen LogP contribution in [0, 0.1) is 12.7 Å². The molecule has 6 nitrogen and oxygen atoms in total. The highest BCUT2D eigenvalue weighted by molar-refractivity contribution is 7.09. The van der Waals surface area contributed by atoms with Crippen molar-refractivity contribution in [1.82, 2.24) is 19.9 Å². The molecule has 0 saturated heterocycles. The zero-order valence-electron chi connectivity index (χ0n) is 16.9. The van der Waals surface area contributed by atoms with Gasteiger partial charge in [-0.25, -0.2) is 14.4 Å². The van der Waals surface area contributed by atoms with Crippen LogP contribution in [0.1, 0.15) is 21.8 Å². The lowest BCUT2D eigenvalue weighted by molar-refractivity contribution is -0.120. The average Bonchev–Trinajstić information content (AvgIpc) is 3.44. The van der Waals surface area contributed by atoms with E-state index < -0.39 is 0 Å². The van der Waals surface area contributed by atoms with Crippen LogP contribution in [-0.4, -0.2) is 20.4 Å². The van der Waals surface area contributed by atoms with E-state index in [1.165, 1.54) is 29.3 Å². The van der Waals surface area contributed by atoms with Crippen molar-refractivity contribution in [3.63, 3.8) is 0 Å². The van der Waals surface area contributed by atoms with Crippen LogP contribution in [0.25, 0.3) is 5.69 Å². The Kier molecular flexibility index (Phi) is 6.37. The lowest BCUT2D eigenvalue weighted by Crippen LogP contribution is -2.24. The number of nitrogens with one attached hydrogen (secondary N) is 1. The second-order valence-corrected chi connectivity index (χ2v) is 7.99. The van der Waals surface area contributed by atoms with E-state index in [1.54, 1.807) is 29.1 Å². The molecule has 0 aliphatic carbocycles. The van der Waals surface area contributed by atoms with Crippen molar-refractivity contribution in [2.75, 3.05) is 0 Å². The van der Waals surface area contributed by atoms with Crippen molar-refractivity contribution in [1.29, 1.82) is 0 Å². The molecular weight excluding hydrogens is 415 g/mol. The molecule has 2 aromatic carbocycles. The molecule has 0 radical (unpaired) electrons. The normalized spacial score (nSPS) is 10.8. The van der Waals surface area contributed by atoms with Crippen LogP contribution in [0.4, 0.5) is 4.39 Å². The number of aryl methyl sites for hydroxylation is 1. The summed E-state index contributed by atoms with van der Waals surface area (Å²) in [5, 5.41) is 5.47. The lowest BCUT2D eigenvalue weighted by Gasteiger charge is -2.08. The topological polar surface area (TPSA) is 69.0 Å². The van der Waals surface area contributed by atoms with Gasteiger partial charge in [0.15, 0.2) is 0 Å². The van der Waals surface area contributed by atoms with Gasteiger partial charge in [-0.05, 0) is 36.8 Å². The molecule has 4 aromatic rings. The van der Waals surface area contributed by atoms with E-state index in [9.17, 15) is 9.18 Å². The minimum atomic E-state index is -0.373. The van der Waals surface area contributed by atoms with Crippen LogP contribution in [0.5, 0.6) is 5.75 Å². The quantitative estimate of drug-likeness (QED) is 0.449. The fraction of sp³-hybridized carbons (Fsp3) is 0.174. The first-order valence-corrected chi connectivity index (χ1v) is 10.6.